The van der Waals surface area contributed by atoms with Gasteiger partial charge in [-0.25, -0.2) is 4.98 Å². The van der Waals surface area contributed by atoms with Gasteiger partial charge >= 0.3 is 0 Å². The van der Waals surface area contributed by atoms with Crippen LogP contribution in [0.5, 0.6) is 0 Å². The fraction of sp³-hybridized carbons (Fsp3) is 0.231. The van der Waals surface area contributed by atoms with Gasteiger partial charge in [-0.2, -0.15) is 0 Å². The molecule has 34 heavy (non-hydrogen) atoms. The van der Waals surface area contributed by atoms with Gasteiger partial charge in [-0.15, -0.1) is 0 Å². The summed E-state index contributed by atoms with van der Waals surface area (Å²) in [7, 11) is 0. The van der Waals surface area contributed by atoms with E-state index in [0.29, 0.717) is 31.0 Å². The highest BCUT2D eigenvalue weighted by Gasteiger charge is 2.32. The second-order valence-corrected chi connectivity index (χ2v) is 8.29. The summed E-state index contributed by atoms with van der Waals surface area (Å²) < 4.78 is 7.96. The lowest BCUT2D eigenvalue weighted by molar-refractivity contribution is -0.132. The van der Waals surface area contributed by atoms with Gasteiger partial charge in [0.05, 0.1) is 18.4 Å². The van der Waals surface area contributed by atoms with Gasteiger partial charge in [0.25, 0.3) is 5.91 Å². The van der Waals surface area contributed by atoms with Crippen molar-refractivity contribution in [2.45, 2.75) is 19.3 Å². The third-order valence-corrected chi connectivity index (χ3v) is 5.81. The zero-order valence-corrected chi connectivity index (χ0v) is 18.7. The van der Waals surface area contributed by atoms with E-state index in [2.05, 4.69) is 9.97 Å². The molecule has 1 atom stereocenters. The number of pyridine rings is 2. The summed E-state index contributed by atoms with van der Waals surface area (Å²) in [5.41, 5.74) is 2.81. The molecule has 0 bridgehead atoms. The van der Waals surface area contributed by atoms with Crippen LogP contribution in [0.1, 0.15) is 21.7 Å². The Morgan fingerprint density at radius 3 is 2.62 bits per heavy atom. The van der Waals surface area contributed by atoms with Gasteiger partial charge in [0.15, 0.2) is 0 Å². The summed E-state index contributed by atoms with van der Waals surface area (Å²) in [6.45, 7) is 1.41. The Morgan fingerprint density at radius 1 is 1.00 bits per heavy atom. The molecule has 172 valence electrons. The monoisotopic (exact) mass is 455 g/mol. The van der Waals surface area contributed by atoms with Crippen LogP contribution in [0, 0.1) is 0 Å². The van der Waals surface area contributed by atoms with E-state index in [1.807, 2.05) is 72.9 Å². The number of imidazole rings is 1. The number of benzene rings is 1. The zero-order chi connectivity index (χ0) is 23.3. The van der Waals surface area contributed by atoms with E-state index in [1.165, 1.54) is 4.90 Å². The van der Waals surface area contributed by atoms with Gasteiger partial charge < -0.3 is 18.9 Å². The van der Waals surface area contributed by atoms with E-state index in [0.717, 1.165) is 11.3 Å². The van der Waals surface area contributed by atoms with Crippen LogP contribution in [0.15, 0.2) is 85.3 Å². The molecule has 3 aromatic heterocycles. The van der Waals surface area contributed by atoms with Gasteiger partial charge in [-0.3, -0.25) is 14.6 Å². The van der Waals surface area contributed by atoms with Crippen molar-refractivity contribution in [2.75, 3.05) is 19.6 Å². The molecule has 1 fully saturated rings. The molecule has 4 heterocycles. The molecule has 0 radical (unpaired) electrons. The molecule has 1 aliphatic heterocycles. The quantitative estimate of drug-likeness (QED) is 0.447. The van der Waals surface area contributed by atoms with Crippen LogP contribution < -0.4 is 0 Å². The summed E-state index contributed by atoms with van der Waals surface area (Å²) in [5.74, 6) is -0.407. The first-order valence-corrected chi connectivity index (χ1v) is 11.2. The minimum Gasteiger partial charge on any atom is -0.368 e. The summed E-state index contributed by atoms with van der Waals surface area (Å²) in [6, 6.07) is 21.1. The summed E-state index contributed by atoms with van der Waals surface area (Å²) in [6.07, 6.45) is 4.89. The van der Waals surface area contributed by atoms with Crippen LogP contribution in [0.4, 0.5) is 0 Å². The molecule has 2 amide bonds. The maximum atomic E-state index is 13.4. The first kappa shape index (κ1) is 21.8. The lowest BCUT2D eigenvalue weighted by Gasteiger charge is -2.24. The average molecular weight is 456 g/mol. The lowest BCUT2D eigenvalue weighted by Crippen LogP contribution is -2.39. The SMILES string of the molecule is O=C1CN(C(=O)c2cn3ccccc3n2)CC(OCc2ccccn2)CN1Cc1ccccc1. The number of hydrogen-bond donors (Lipinski definition) is 0. The predicted octanol–water partition coefficient (Wildman–Crippen LogP) is 2.80. The topological polar surface area (TPSA) is 80.0 Å². The third-order valence-electron chi connectivity index (χ3n) is 5.81. The minimum absolute atomic E-state index is 0.0248. The van der Waals surface area contributed by atoms with E-state index in [9.17, 15) is 9.59 Å². The number of carbonyl (C=O) groups excluding carboxylic acids is 2. The Kier molecular flexibility index (Phi) is 6.31. The maximum Gasteiger partial charge on any atom is 0.274 e. The number of aromatic nitrogens is 3. The van der Waals surface area contributed by atoms with Crippen LogP contribution in [0.3, 0.4) is 0 Å². The number of nitrogens with zero attached hydrogens (tertiary/aromatic N) is 5. The van der Waals surface area contributed by atoms with Crippen molar-refractivity contribution >= 4 is 17.5 Å². The fourth-order valence-corrected chi connectivity index (χ4v) is 4.08. The molecule has 1 unspecified atom stereocenters. The number of rotatable bonds is 6. The van der Waals surface area contributed by atoms with Gasteiger partial charge in [-0.05, 0) is 29.8 Å². The standard InChI is InChI=1S/C26H25N5O3/c32-25-18-31(26(33)23-17-29-13-7-5-11-24(29)28-23)16-22(34-19-21-10-4-6-12-27-21)15-30(25)14-20-8-2-1-3-9-20/h1-13,17,22H,14-16,18-19H2. The molecule has 0 aliphatic carbocycles. The highest BCUT2D eigenvalue weighted by atomic mass is 16.5. The number of fused-ring (bicyclic) bond motifs is 1. The molecule has 1 saturated heterocycles. The van der Waals surface area contributed by atoms with Crippen molar-refractivity contribution in [1.82, 2.24) is 24.2 Å². The minimum atomic E-state index is -0.363. The Hall–Kier alpha value is -4.04. The van der Waals surface area contributed by atoms with Crippen LogP contribution >= 0.6 is 0 Å². The van der Waals surface area contributed by atoms with Crippen molar-refractivity contribution < 1.29 is 14.3 Å². The van der Waals surface area contributed by atoms with Gasteiger partial charge in [0.1, 0.15) is 17.9 Å². The number of ether oxygens (including phenoxy) is 1. The van der Waals surface area contributed by atoms with Crippen LogP contribution in [0.25, 0.3) is 5.65 Å². The number of amides is 2. The highest BCUT2D eigenvalue weighted by molar-refractivity contribution is 5.95. The van der Waals surface area contributed by atoms with Crippen LogP contribution in [-0.4, -0.2) is 61.7 Å². The second-order valence-electron chi connectivity index (χ2n) is 8.29. The van der Waals surface area contributed by atoms with E-state index >= 15 is 0 Å². The first-order chi connectivity index (χ1) is 16.7. The molecular weight excluding hydrogens is 430 g/mol. The normalized spacial score (nSPS) is 16.6. The molecule has 0 spiro atoms. The van der Waals surface area contributed by atoms with Crippen LogP contribution in [-0.2, 0) is 22.7 Å². The molecule has 0 N–H and O–H groups in total. The molecule has 5 rings (SSSR count). The maximum absolute atomic E-state index is 13.4. The fourth-order valence-electron chi connectivity index (χ4n) is 4.08. The van der Waals surface area contributed by atoms with Crippen LogP contribution in [0.2, 0.25) is 0 Å². The van der Waals surface area contributed by atoms with Gasteiger partial charge in [0.2, 0.25) is 5.91 Å². The number of carbonyl (C=O) groups is 2. The van der Waals surface area contributed by atoms with Crippen molar-refractivity contribution in [3.8, 4) is 0 Å². The predicted molar refractivity (Wildman–Crippen MR) is 126 cm³/mol. The largest absolute Gasteiger partial charge is 0.368 e. The molecule has 1 aliphatic rings. The summed E-state index contributed by atoms with van der Waals surface area (Å²) in [4.78, 5) is 38.6. The highest BCUT2D eigenvalue weighted by Crippen LogP contribution is 2.16. The molecular formula is C26H25N5O3. The average Bonchev–Trinajstić information content (AvgIpc) is 3.24. The molecule has 0 saturated carbocycles. The van der Waals surface area contributed by atoms with Gasteiger partial charge in [-0.1, -0.05) is 42.5 Å². The van der Waals surface area contributed by atoms with E-state index in [4.69, 9.17) is 4.74 Å². The summed E-state index contributed by atoms with van der Waals surface area (Å²) >= 11 is 0. The lowest BCUT2D eigenvalue weighted by atomic mass is 10.2. The third kappa shape index (κ3) is 4.97. The van der Waals surface area contributed by atoms with E-state index < -0.39 is 0 Å². The molecule has 1 aromatic carbocycles. The summed E-state index contributed by atoms with van der Waals surface area (Å²) in [5, 5.41) is 0. The Bertz CT molecular complexity index is 1240. The van der Waals surface area contributed by atoms with Crippen molar-refractivity contribution in [3.05, 3.63) is 102 Å². The van der Waals surface area contributed by atoms with E-state index in [-0.39, 0.29) is 31.0 Å². The zero-order valence-electron chi connectivity index (χ0n) is 18.7. The second kappa shape index (κ2) is 9.84. The Morgan fingerprint density at radius 2 is 1.82 bits per heavy atom. The van der Waals surface area contributed by atoms with Crippen molar-refractivity contribution in [3.63, 3.8) is 0 Å². The van der Waals surface area contributed by atoms with Crippen molar-refractivity contribution in [1.29, 1.82) is 0 Å². The van der Waals surface area contributed by atoms with Crippen molar-refractivity contribution in [2.24, 2.45) is 0 Å². The molecule has 8 nitrogen and oxygen atoms in total. The smallest absolute Gasteiger partial charge is 0.274 e. The van der Waals surface area contributed by atoms with Gasteiger partial charge in [0, 0.05) is 38.2 Å². The first-order valence-electron chi connectivity index (χ1n) is 11.2. The Labute approximate surface area is 197 Å². The molecule has 8 heteroatoms. The number of hydrogen-bond acceptors (Lipinski definition) is 5. The van der Waals surface area contributed by atoms with E-state index in [1.54, 1.807) is 21.7 Å². The Balaban J connectivity index is 1.37. The molecule has 4 aromatic rings.